The largest absolute Gasteiger partial charge is 0.445 e. The van der Waals surface area contributed by atoms with Crippen LogP contribution in [-0.4, -0.2) is 71.8 Å². The smallest absolute Gasteiger partial charge is 0.407 e. The van der Waals surface area contributed by atoms with Crippen LogP contribution in [0.15, 0.2) is 30.3 Å². The van der Waals surface area contributed by atoms with E-state index in [2.05, 4.69) is 21.3 Å². The second-order valence-corrected chi connectivity index (χ2v) is 14.7. The van der Waals surface area contributed by atoms with Crippen molar-refractivity contribution in [3.63, 3.8) is 0 Å². The Bertz CT molecular complexity index is 1270. The first-order chi connectivity index (χ1) is 23.5. The zero-order valence-electron chi connectivity index (χ0n) is 28.7. The molecular formula is C34H53N4O10P. The summed E-state index contributed by atoms with van der Waals surface area (Å²) in [6.45, 7) is 4.12. The third-order valence-corrected chi connectivity index (χ3v) is 10.5. The fraction of sp³-hybridized carbons (Fsp3) is 0.676. The van der Waals surface area contributed by atoms with Crippen LogP contribution < -0.4 is 21.3 Å². The minimum atomic E-state index is -4.68. The van der Waals surface area contributed by atoms with Crippen LogP contribution in [-0.2, 0) is 44.3 Å². The summed E-state index contributed by atoms with van der Waals surface area (Å²) < 4.78 is 28.9. The van der Waals surface area contributed by atoms with E-state index in [1.807, 2.05) is 37.3 Å². The first-order valence-corrected chi connectivity index (χ1v) is 19.2. The topological polar surface area (TPSA) is 198 Å². The van der Waals surface area contributed by atoms with Gasteiger partial charge in [-0.3, -0.25) is 18.7 Å². The number of amides is 3. The molecule has 5 N–H and O–H groups in total. The number of esters is 2. The van der Waals surface area contributed by atoms with Gasteiger partial charge in [-0.05, 0) is 70.4 Å². The number of benzene rings is 1. The van der Waals surface area contributed by atoms with Crippen molar-refractivity contribution in [1.82, 2.24) is 21.3 Å². The summed E-state index contributed by atoms with van der Waals surface area (Å²) in [5.74, 6) is -4.38. The van der Waals surface area contributed by atoms with E-state index in [1.54, 1.807) is 0 Å². The number of rotatable bonds is 19. The SMILES string of the molecule is CCCCC(NC(=O)C(CCCCNC(=O)OCc1ccccc1)NC(=O)C1CCCCC1)P(=O)(O)OC(C)C(=O)OC(=O)[C@@H]1CCCN1. The predicted molar refractivity (Wildman–Crippen MR) is 181 cm³/mol. The average Bonchev–Trinajstić information content (AvgIpc) is 3.64. The van der Waals surface area contributed by atoms with Gasteiger partial charge in [0, 0.05) is 12.5 Å². The lowest BCUT2D eigenvalue weighted by Gasteiger charge is -2.29. The predicted octanol–water partition coefficient (Wildman–Crippen LogP) is 4.19. The Labute approximate surface area is 288 Å². The van der Waals surface area contributed by atoms with E-state index in [4.69, 9.17) is 14.0 Å². The van der Waals surface area contributed by atoms with Crippen molar-refractivity contribution in [1.29, 1.82) is 0 Å². The standard InChI is InChI=1S/C34H53N4O10P/c1-3-4-20-29(49(44,45)48-24(2)32(41)47-33(42)28-19-13-22-35-28)38-31(40)27(37-30(39)26-16-9-6-10-17-26)18-11-12-21-36-34(43)46-23-25-14-7-5-8-15-25/h5,7-8,14-15,24,26-29,35H,3-4,6,9-13,16-23H2,1-2H3,(H,36,43)(H,37,39)(H,38,40)(H,44,45)/t24?,27?,28-,29?/m0/s1. The van der Waals surface area contributed by atoms with Gasteiger partial charge >= 0.3 is 25.6 Å². The average molecular weight is 709 g/mol. The molecule has 2 aliphatic rings. The molecular weight excluding hydrogens is 655 g/mol. The molecule has 0 aromatic heterocycles. The lowest BCUT2D eigenvalue weighted by molar-refractivity contribution is -0.165. The van der Waals surface area contributed by atoms with Crippen molar-refractivity contribution in [2.45, 2.75) is 128 Å². The molecule has 1 aliphatic carbocycles. The van der Waals surface area contributed by atoms with Crippen molar-refractivity contribution in [3.8, 4) is 0 Å². The summed E-state index contributed by atoms with van der Waals surface area (Å²) in [6, 6.07) is 7.63. The Morgan fingerprint density at radius 2 is 1.69 bits per heavy atom. The minimum Gasteiger partial charge on any atom is -0.445 e. The fourth-order valence-electron chi connectivity index (χ4n) is 5.82. The quantitative estimate of drug-likeness (QED) is 0.0598. The highest BCUT2D eigenvalue weighted by Gasteiger charge is 2.39. The molecule has 3 amide bonds. The molecule has 4 unspecified atom stereocenters. The van der Waals surface area contributed by atoms with Crippen LogP contribution in [0, 0.1) is 5.92 Å². The first kappa shape index (κ1) is 40.1. The molecule has 0 spiro atoms. The van der Waals surface area contributed by atoms with Crippen LogP contribution in [0.25, 0.3) is 0 Å². The van der Waals surface area contributed by atoms with Crippen molar-refractivity contribution in [2.24, 2.45) is 5.92 Å². The van der Waals surface area contributed by atoms with Crippen LogP contribution in [0.3, 0.4) is 0 Å². The monoisotopic (exact) mass is 708 g/mol. The summed E-state index contributed by atoms with van der Waals surface area (Å²) >= 11 is 0. The molecule has 0 bridgehead atoms. The normalized spacial score (nSPS) is 19.4. The van der Waals surface area contributed by atoms with Crippen LogP contribution in [0.4, 0.5) is 4.79 Å². The minimum absolute atomic E-state index is 0.0705. The summed E-state index contributed by atoms with van der Waals surface area (Å²) in [5, 5.41) is 11.1. The second kappa shape index (κ2) is 21.0. The number of carbonyl (C=O) groups is 5. The summed E-state index contributed by atoms with van der Waals surface area (Å²) in [7, 11) is -4.68. The number of unbranched alkanes of at least 4 members (excludes halogenated alkanes) is 2. The van der Waals surface area contributed by atoms with Gasteiger partial charge in [0.15, 0.2) is 6.10 Å². The summed E-state index contributed by atoms with van der Waals surface area (Å²) in [5.41, 5.74) is 0.858. The van der Waals surface area contributed by atoms with E-state index in [0.717, 1.165) is 44.1 Å². The molecule has 49 heavy (non-hydrogen) atoms. The molecule has 2 fully saturated rings. The van der Waals surface area contributed by atoms with E-state index in [0.29, 0.717) is 38.6 Å². The number of carbonyl (C=O) groups excluding carboxylic acids is 5. The lowest BCUT2D eigenvalue weighted by atomic mass is 9.88. The Hall–Kier alpha value is -3.32. The second-order valence-electron chi connectivity index (χ2n) is 12.7. The Kier molecular flexibility index (Phi) is 17.2. The fourth-order valence-corrected chi connectivity index (χ4v) is 7.31. The van der Waals surface area contributed by atoms with Gasteiger partial charge in [-0.2, -0.15) is 0 Å². The first-order valence-electron chi connectivity index (χ1n) is 17.5. The van der Waals surface area contributed by atoms with Crippen LogP contribution in [0.1, 0.15) is 103 Å². The maximum absolute atomic E-state index is 13.6. The molecule has 274 valence electrons. The molecule has 14 nitrogen and oxygen atoms in total. The molecule has 1 heterocycles. The highest BCUT2D eigenvalue weighted by Crippen LogP contribution is 2.49. The van der Waals surface area contributed by atoms with Gasteiger partial charge in [-0.1, -0.05) is 69.4 Å². The van der Waals surface area contributed by atoms with Gasteiger partial charge in [-0.15, -0.1) is 0 Å². The molecule has 1 saturated heterocycles. The third-order valence-electron chi connectivity index (χ3n) is 8.73. The lowest BCUT2D eigenvalue weighted by Crippen LogP contribution is -2.51. The molecule has 1 saturated carbocycles. The summed E-state index contributed by atoms with van der Waals surface area (Å²) in [4.78, 5) is 74.7. The van der Waals surface area contributed by atoms with E-state index >= 15 is 0 Å². The number of hydrogen-bond donors (Lipinski definition) is 5. The Morgan fingerprint density at radius 1 is 0.959 bits per heavy atom. The Morgan fingerprint density at radius 3 is 2.37 bits per heavy atom. The Balaban J connectivity index is 1.58. The maximum atomic E-state index is 13.6. The van der Waals surface area contributed by atoms with Gasteiger partial charge < -0.3 is 35.6 Å². The van der Waals surface area contributed by atoms with Crippen LogP contribution in [0.5, 0.6) is 0 Å². The number of nitrogens with one attached hydrogen (secondary N) is 4. The number of alkyl carbamates (subject to hydrolysis) is 1. The van der Waals surface area contributed by atoms with Gasteiger partial charge in [0.05, 0.1) is 0 Å². The molecule has 1 aliphatic heterocycles. The zero-order chi connectivity index (χ0) is 35.6. The van der Waals surface area contributed by atoms with E-state index < -0.39 is 55.5 Å². The van der Waals surface area contributed by atoms with Crippen molar-refractivity contribution < 1.29 is 47.4 Å². The van der Waals surface area contributed by atoms with E-state index in [9.17, 15) is 33.4 Å². The molecule has 0 radical (unpaired) electrons. The maximum Gasteiger partial charge on any atom is 0.407 e. The van der Waals surface area contributed by atoms with Crippen LogP contribution >= 0.6 is 7.60 Å². The third kappa shape index (κ3) is 14.2. The van der Waals surface area contributed by atoms with Gasteiger partial charge in [0.25, 0.3) is 0 Å². The van der Waals surface area contributed by atoms with Gasteiger partial charge in [-0.25, -0.2) is 14.4 Å². The van der Waals surface area contributed by atoms with Crippen molar-refractivity contribution in [2.75, 3.05) is 13.1 Å². The highest BCUT2D eigenvalue weighted by molar-refractivity contribution is 7.53. The molecule has 1 aromatic rings. The highest BCUT2D eigenvalue weighted by atomic mass is 31.2. The number of ether oxygens (including phenoxy) is 2. The number of hydrogen-bond acceptors (Lipinski definition) is 10. The van der Waals surface area contributed by atoms with E-state index in [1.165, 1.54) is 6.92 Å². The zero-order valence-corrected chi connectivity index (χ0v) is 29.6. The van der Waals surface area contributed by atoms with Crippen LogP contribution in [0.2, 0.25) is 0 Å². The molecule has 15 heteroatoms. The van der Waals surface area contributed by atoms with Crippen molar-refractivity contribution in [3.05, 3.63) is 35.9 Å². The molecule has 1 aromatic carbocycles. The van der Waals surface area contributed by atoms with Crippen molar-refractivity contribution >= 4 is 37.4 Å². The van der Waals surface area contributed by atoms with Gasteiger partial charge in [0.2, 0.25) is 11.8 Å². The summed E-state index contributed by atoms with van der Waals surface area (Å²) in [6.07, 6.45) is 5.82. The molecule has 3 rings (SSSR count). The van der Waals surface area contributed by atoms with E-state index in [-0.39, 0.29) is 37.8 Å². The van der Waals surface area contributed by atoms with Gasteiger partial charge in [0.1, 0.15) is 24.5 Å². The molecule has 5 atom stereocenters.